The van der Waals surface area contributed by atoms with Crippen molar-refractivity contribution in [2.24, 2.45) is 5.10 Å². The van der Waals surface area contributed by atoms with Crippen LogP contribution in [0.1, 0.15) is 25.0 Å². The van der Waals surface area contributed by atoms with Crippen LogP contribution in [0, 0.1) is 6.92 Å². The number of hydrazone groups is 1. The molecule has 2 aromatic carbocycles. The number of para-hydroxylation sites is 1. The highest BCUT2D eigenvalue weighted by atomic mass is 16.5. The van der Waals surface area contributed by atoms with Gasteiger partial charge in [0.1, 0.15) is 11.5 Å². The first-order chi connectivity index (χ1) is 11.6. The number of hydrogen-bond acceptors (Lipinski definition) is 4. The summed E-state index contributed by atoms with van der Waals surface area (Å²) in [5, 5.41) is 4.10. The zero-order valence-corrected chi connectivity index (χ0v) is 14.2. The Hall–Kier alpha value is -2.82. The fourth-order valence-corrected chi connectivity index (χ4v) is 2.06. The number of benzene rings is 2. The Bertz CT molecular complexity index is 709. The van der Waals surface area contributed by atoms with Gasteiger partial charge in [0, 0.05) is 0 Å². The van der Waals surface area contributed by atoms with Crippen molar-refractivity contribution in [3.63, 3.8) is 0 Å². The normalized spacial score (nSPS) is 11.0. The Morgan fingerprint density at radius 2 is 1.79 bits per heavy atom. The maximum Gasteiger partial charge on any atom is 0.277 e. The summed E-state index contributed by atoms with van der Waals surface area (Å²) in [4.78, 5) is 11.8. The van der Waals surface area contributed by atoms with E-state index in [1.165, 1.54) is 0 Å². The molecule has 1 amide bonds. The quantitative estimate of drug-likeness (QED) is 0.627. The summed E-state index contributed by atoms with van der Waals surface area (Å²) in [6, 6.07) is 15.1. The molecule has 0 aliphatic carbocycles. The largest absolute Gasteiger partial charge is 0.494 e. The van der Waals surface area contributed by atoms with Gasteiger partial charge >= 0.3 is 0 Å². The molecule has 0 aromatic heterocycles. The number of nitrogens with one attached hydrogen (secondary N) is 1. The first-order valence-corrected chi connectivity index (χ1v) is 7.85. The van der Waals surface area contributed by atoms with Crippen LogP contribution in [0.5, 0.6) is 11.5 Å². The Balaban J connectivity index is 1.87. The van der Waals surface area contributed by atoms with Crippen LogP contribution in [-0.4, -0.2) is 24.8 Å². The summed E-state index contributed by atoms with van der Waals surface area (Å²) in [7, 11) is 0. The maximum atomic E-state index is 11.8. The first kappa shape index (κ1) is 17.5. The fourth-order valence-electron chi connectivity index (χ4n) is 2.06. The average molecular weight is 326 g/mol. The van der Waals surface area contributed by atoms with Gasteiger partial charge in [0.15, 0.2) is 6.61 Å². The molecule has 2 aromatic rings. The SMILES string of the molecule is CCOc1ccc(/C(C)=N\NC(=O)COc2ccccc2C)cc1. The third-order valence-electron chi connectivity index (χ3n) is 3.38. The van der Waals surface area contributed by atoms with Crippen molar-refractivity contribution in [3.8, 4) is 11.5 Å². The van der Waals surface area contributed by atoms with Gasteiger partial charge in [-0.15, -0.1) is 0 Å². The van der Waals surface area contributed by atoms with Crippen molar-refractivity contribution in [2.45, 2.75) is 20.8 Å². The standard InChI is InChI=1S/C19H22N2O3/c1-4-23-17-11-9-16(10-12-17)15(3)20-21-19(22)13-24-18-8-6-5-7-14(18)2/h5-12H,4,13H2,1-3H3,(H,21,22)/b20-15-. The average Bonchev–Trinajstić information content (AvgIpc) is 2.60. The highest BCUT2D eigenvalue weighted by molar-refractivity contribution is 5.99. The second-order valence-corrected chi connectivity index (χ2v) is 5.24. The van der Waals surface area contributed by atoms with Gasteiger partial charge in [-0.25, -0.2) is 5.43 Å². The molecule has 0 heterocycles. The number of amides is 1. The van der Waals surface area contributed by atoms with Crippen LogP contribution >= 0.6 is 0 Å². The van der Waals surface area contributed by atoms with Gasteiger partial charge in [-0.05, 0) is 62.2 Å². The molecule has 0 radical (unpaired) electrons. The van der Waals surface area contributed by atoms with Gasteiger partial charge in [0.25, 0.3) is 5.91 Å². The molecule has 0 aliphatic heterocycles. The lowest BCUT2D eigenvalue weighted by atomic mass is 10.1. The van der Waals surface area contributed by atoms with E-state index in [4.69, 9.17) is 9.47 Å². The van der Waals surface area contributed by atoms with E-state index >= 15 is 0 Å². The smallest absolute Gasteiger partial charge is 0.277 e. The van der Waals surface area contributed by atoms with Crippen molar-refractivity contribution >= 4 is 11.6 Å². The Labute approximate surface area is 142 Å². The van der Waals surface area contributed by atoms with E-state index in [-0.39, 0.29) is 12.5 Å². The van der Waals surface area contributed by atoms with Crippen LogP contribution in [0.15, 0.2) is 53.6 Å². The highest BCUT2D eigenvalue weighted by Gasteiger charge is 2.04. The van der Waals surface area contributed by atoms with E-state index in [0.29, 0.717) is 18.1 Å². The van der Waals surface area contributed by atoms with Crippen molar-refractivity contribution in [1.29, 1.82) is 0 Å². The monoisotopic (exact) mass is 326 g/mol. The summed E-state index contributed by atoms with van der Waals surface area (Å²) < 4.78 is 10.9. The summed E-state index contributed by atoms with van der Waals surface area (Å²) in [5.74, 6) is 1.20. The number of carbonyl (C=O) groups is 1. The number of carbonyl (C=O) groups excluding carboxylic acids is 1. The summed E-state index contributed by atoms with van der Waals surface area (Å²) in [5.41, 5.74) is 5.11. The maximum absolute atomic E-state index is 11.8. The molecular weight excluding hydrogens is 304 g/mol. The third kappa shape index (κ3) is 5.12. The minimum absolute atomic E-state index is 0.0785. The van der Waals surface area contributed by atoms with Crippen molar-refractivity contribution < 1.29 is 14.3 Å². The van der Waals surface area contributed by atoms with Crippen LogP contribution in [0.4, 0.5) is 0 Å². The first-order valence-electron chi connectivity index (χ1n) is 7.85. The van der Waals surface area contributed by atoms with E-state index in [9.17, 15) is 4.79 Å². The molecule has 5 heteroatoms. The summed E-state index contributed by atoms with van der Waals surface area (Å²) in [6.45, 7) is 6.25. The Morgan fingerprint density at radius 1 is 1.08 bits per heavy atom. The van der Waals surface area contributed by atoms with E-state index in [2.05, 4.69) is 10.5 Å². The molecule has 24 heavy (non-hydrogen) atoms. The van der Waals surface area contributed by atoms with Gasteiger partial charge in [-0.1, -0.05) is 18.2 Å². The van der Waals surface area contributed by atoms with E-state index < -0.39 is 0 Å². The minimum atomic E-state index is -0.302. The molecule has 0 saturated carbocycles. The lowest BCUT2D eigenvalue weighted by Crippen LogP contribution is -2.25. The minimum Gasteiger partial charge on any atom is -0.494 e. The van der Waals surface area contributed by atoms with Crippen LogP contribution < -0.4 is 14.9 Å². The Morgan fingerprint density at radius 3 is 2.46 bits per heavy atom. The van der Waals surface area contributed by atoms with Crippen LogP contribution in [0.25, 0.3) is 0 Å². The zero-order valence-electron chi connectivity index (χ0n) is 14.2. The second kappa shape index (κ2) is 8.72. The van der Waals surface area contributed by atoms with Crippen LogP contribution in [0.3, 0.4) is 0 Å². The predicted octanol–water partition coefficient (Wildman–Crippen LogP) is 3.31. The van der Waals surface area contributed by atoms with Crippen molar-refractivity contribution in [2.75, 3.05) is 13.2 Å². The molecule has 0 spiro atoms. The van der Waals surface area contributed by atoms with Gasteiger partial charge in [0.2, 0.25) is 0 Å². The molecule has 0 bridgehead atoms. The van der Waals surface area contributed by atoms with Gasteiger partial charge in [0.05, 0.1) is 12.3 Å². The molecule has 0 atom stereocenters. The van der Waals surface area contributed by atoms with Gasteiger partial charge in [-0.2, -0.15) is 5.10 Å². The van der Waals surface area contributed by atoms with E-state index in [0.717, 1.165) is 16.9 Å². The third-order valence-corrected chi connectivity index (χ3v) is 3.38. The predicted molar refractivity (Wildman–Crippen MR) is 94.6 cm³/mol. The summed E-state index contributed by atoms with van der Waals surface area (Å²) >= 11 is 0. The van der Waals surface area contributed by atoms with E-state index in [1.54, 1.807) is 0 Å². The van der Waals surface area contributed by atoms with Gasteiger partial charge < -0.3 is 9.47 Å². The molecule has 0 aliphatic rings. The molecule has 1 N–H and O–H groups in total. The highest BCUT2D eigenvalue weighted by Crippen LogP contribution is 2.15. The summed E-state index contributed by atoms with van der Waals surface area (Å²) in [6.07, 6.45) is 0. The number of nitrogens with zero attached hydrogens (tertiary/aromatic N) is 1. The molecule has 0 unspecified atom stereocenters. The zero-order chi connectivity index (χ0) is 17.4. The molecular formula is C19H22N2O3. The Kier molecular flexibility index (Phi) is 6.37. The topological polar surface area (TPSA) is 59.9 Å². The number of aryl methyl sites for hydroxylation is 1. The number of hydrogen-bond donors (Lipinski definition) is 1. The fraction of sp³-hybridized carbons (Fsp3) is 0.263. The lowest BCUT2D eigenvalue weighted by Gasteiger charge is -2.08. The molecule has 0 saturated heterocycles. The second-order valence-electron chi connectivity index (χ2n) is 5.24. The van der Waals surface area contributed by atoms with Crippen LogP contribution in [-0.2, 0) is 4.79 Å². The molecule has 0 fully saturated rings. The molecule has 5 nitrogen and oxygen atoms in total. The number of rotatable bonds is 7. The van der Waals surface area contributed by atoms with Crippen LogP contribution in [0.2, 0.25) is 0 Å². The van der Waals surface area contributed by atoms with Crippen molar-refractivity contribution in [1.82, 2.24) is 5.43 Å². The van der Waals surface area contributed by atoms with E-state index in [1.807, 2.05) is 69.3 Å². The number of ether oxygens (including phenoxy) is 2. The molecule has 2 rings (SSSR count). The lowest BCUT2D eigenvalue weighted by molar-refractivity contribution is -0.123. The van der Waals surface area contributed by atoms with Crippen molar-refractivity contribution in [3.05, 3.63) is 59.7 Å². The molecule has 126 valence electrons. The van der Waals surface area contributed by atoms with Gasteiger partial charge in [-0.3, -0.25) is 4.79 Å².